The number of aromatic nitrogens is 2. The van der Waals surface area contributed by atoms with Crippen molar-refractivity contribution in [3.63, 3.8) is 0 Å². The van der Waals surface area contributed by atoms with Crippen molar-refractivity contribution in [1.29, 1.82) is 0 Å². The van der Waals surface area contributed by atoms with Gasteiger partial charge in [-0.05, 0) is 24.8 Å². The lowest BCUT2D eigenvalue weighted by molar-refractivity contribution is 0.0728. The maximum absolute atomic E-state index is 9.71. The van der Waals surface area contributed by atoms with Crippen LogP contribution in [-0.2, 0) is 0 Å². The van der Waals surface area contributed by atoms with Gasteiger partial charge in [0.25, 0.3) is 0 Å². The monoisotopic (exact) mass is 193 g/mol. The molecule has 0 aliphatic heterocycles. The van der Waals surface area contributed by atoms with Crippen LogP contribution in [0.25, 0.3) is 0 Å². The molecule has 1 aromatic rings. The molecule has 4 nitrogen and oxygen atoms in total. The Morgan fingerprint density at radius 2 is 2.14 bits per heavy atom. The zero-order chi connectivity index (χ0) is 9.80. The number of hydrogen-bond acceptors (Lipinski definition) is 4. The van der Waals surface area contributed by atoms with E-state index >= 15 is 0 Å². The molecule has 0 amide bonds. The highest BCUT2D eigenvalue weighted by molar-refractivity contribution is 5.22. The molecule has 1 heterocycles. The molecule has 0 aromatic carbocycles. The maximum Gasteiger partial charge on any atom is 0.222 e. The molecule has 2 rings (SSSR count). The van der Waals surface area contributed by atoms with Crippen LogP contribution in [0, 0.1) is 5.92 Å². The standard InChI is InChI=1S/C10H15N3O/c14-9(8-3-1-4-8)7-13-10-11-5-2-6-12-10/h2,5-6,8-9,14H,1,3-4,7H2,(H,11,12,13). The minimum Gasteiger partial charge on any atom is -0.391 e. The second kappa shape index (κ2) is 4.37. The maximum atomic E-state index is 9.71. The average Bonchev–Trinajstić information content (AvgIpc) is 2.14. The van der Waals surface area contributed by atoms with Gasteiger partial charge in [0, 0.05) is 18.9 Å². The molecular formula is C10H15N3O. The second-order valence-electron chi connectivity index (χ2n) is 3.71. The minimum absolute atomic E-state index is 0.257. The first-order chi connectivity index (χ1) is 6.86. The van der Waals surface area contributed by atoms with Crippen molar-refractivity contribution < 1.29 is 5.11 Å². The van der Waals surface area contributed by atoms with Crippen LogP contribution >= 0.6 is 0 Å². The number of aliphatic hydroxyl groups is 1. The van der Waals surface area contributed by atoms with E-state index in [-0.39, 0.29) is 6.10 Å². The van der Waals surface area contributed by atoms with E-state index in [2.05, 4.69) is 15.3 Å². The van der Waals surface area contributed by atoms with E-state index in [1.807, 2.05) is 0 Å². The highest BCUT2D eigenvalue weighted by atomic mass is 16.3. The number of nitrogens with one attached hydrogen (secondary N) is 1. The van der Waals surface area contributed by atoms with Gasteiger partial charge < -0.3 is 10.4 Å². The van der Waals surface area contributed by atoms with Crippen molar-refractivity contribution >= 4 is 5.95 Å². The Kier molecular flexibility index (Phi) is 2.93. The van der Waals surface area contributed by atoms with Crippen LogP contribution < -0.4 is 5.32 Å². The first-order valence-corrected chi connectivity index (χ1v) is 5.05. The van der Waals surface area contributed by atoms with Gasteiger partial charge in [-0.3, -0.25) is 0 Å². The van der Waals surface area contributed by atoms with Gasteiger partial charge in [-0.25, -0.2) is 9.97 Å². The molecular weight excluding hydrogens is 178 g/mol. The van der Waals surface area contributed by atoms with Crippen LogP contribution in [0.1, 0.15) is 19.3 Å². The molecule has 1 aliphatic rings. The van der Waals surface area contributed by atoms with Crippen molar-refractivity contribution in [3.8, 4) is 0 Å². The van der Waals surface area contributed by atoms with Crippen LogP contribution in [0.15, 0.2) is 18.5 Å². The molecule has 4 heteroatoms. The molecule has 0 radical (unpaired) electrons. The Bertz CT molecular complexity index is 274. The summed E-state index contributed by atoms with van der Waals surface area (Å²) in [6, 6.07) is 1.77. The van der Waals surface area contributed by atoms with E-state index in [0.29, 0.717) is 18.4 Å². The summed E-state index contributed by atoms with van der Waals surface area (Å²) in [5.41, 5.74) is 0. The number of anilines is 1. The van der Waals surface area contributed by atoms with Crippen molar-refractivity contribution in [1.82, 2.24) is 9.97 Å². The molecule has 1 fully saturated rings. The normalized spacial score (nSPS) is 18.6. The fourth-order valence-electron chi connectivity index (χ4n) is 1.58. The van der Waals surface area contributed by atoms with Crippen LogP contribution in [0.2, 0.25) is 0 Å². The molecule has 14 heavy (non-hydrogen) atoms. The van der Waals surface area contributed by atoms with Gasteiger partial charge in [-0.2, -0.15) is 0 Å². The second-order valence-corrected chi connectivity index (χ2v) is 3.71. The van der Waals surface area contributed by atoms with Gasteiger partial charge in [0.15, 0.2) is 0 Å². The minimum atomic E-state index is -0.257. The summed E-state index contributed by atoms with van der Waals surface area (Å²) in [5.74, 6) is 1.07. The van der Waals surface area contributed by atoms with E-state index in [9.17, 15) is 5.11 Å². The van der Waals surface area contributed by atoms with Crippen LogP contribution in [0.4, 0.5) is 5.95 Å². The highest BCUT2D eigenvalue weighted by Crippen LogP contribution is 2.29. The van der Waals surface area contributed by atoms with E-state index in [1.54, 1.807) is 18.5 Å². The van der Waals surface area contributed by atoms with Crippen LogP contribution in [0.3, 0.4) is 0 Å². The van der Waals surface area contributed by atoms with Gasteiger partial charge in [0.2, 0.25) is 5.95 Å². The Hall–Kier alpha value is -1.16. The van der Waals surface area contributed by atoms with Crippen molar-refractivity contribution in [2.45, 2.75) is 25.4 Å². The van der Waals surface area contributed by atoms with E-state index in [0.717, 1.165) is 12.8 Å². The molecule has 0 spiro atoms. The molecule has 1 saturated carbocycles. The zero-order valence-corrected chi connectivity index (χ0v) is 8.06. The predicted octanol–water partition coefficient (Wildman–Crippen LogP) is 1.05. The predicted molar refractivity (Wildman–Crippen MR) is 53.9 cm³/mol. The quantitative estimate of drug-likeness (QED) is 0.750. The molecule has 0 saturated heterocycles. The van der Waals surface area contributed by atoms with Gasteiger partial charge in [0.1, 0.15) is 0 Å². The fourth-order valence-corrected chi connectivity index (χ4v) is 1.58. The van der Waals surface area contributed by atoms with Crippen molar-refractivity contribution in [2.24, 2.45) is 5.92 Å². The van der Waals surface area contributed by atoms with Gasteiger partial charge in [-0.15, -0.1) is 0 Å². The smallest absolute Gasteiger partial charge is 0.222 e. The molecule has 0 bridgehead atoms. The summed E-state index contributed by atoms with van der Waals surface area (Å²) in [7, 11) is 0. The third-order valence-corrected chi connectivity index (χ3v) is 2.73. The van der Waals surface area contributed by atoms with Crippen LogP contribution in [0.5, 0.6) is 0 Å². The van der Waals surface area contributed by atoms with Crippen molar-refractivity contribution in [3.05, 3.63) is 18.5 Å². The lowest BCUT2D eigenvalue weighted by Crippen LogP contribution is -2.32. The summed E-state index contributed by atoms with van der Waals surface area (Å²) in [4.78, 5) is 8.04. The Labute approximate surface area is 83.4 Å². The summed E-state index contributed by atoms with van der Waals surface area (Å²) < 4.78 is 0. The molecule has 76 valence electrons. The van der Waals surface area contributed by atoms with E-state index < -0.39 is 0 Å². The highest BCUT2D eigenvalue weighted by Gasteiger charge is 2.25. The van der Waals surface area contributed by atoms with Crippen molar-refractivity contribution in [2.75, 3.05) is 11.9 Å². The molecule has 1 atom stereocenters. The van der Waals surface area contributed by atoms with Gasteiger partial charge in [0.05, 0.1) is 6.10 Å². The molecule has 1 aliphatic carbocycles. The Balaban J connectivity index is 1.76. The number of rotatable bonds is 4. The Morgan fingerprint density at radius 1 is 1.43 bits per heavy atom. The third-order valence-electron chi connectivity index (χ3n) is 2.73. The lowest BCUT2D eigenvalue weighted by atomic mass is 9.81. The molecule has 1 unspecified atom stereocenters. The number of aliphatic hydroxyl groups excluding tert-OH is 1. The summed E-state index contributed by atoms with van der Waals surface area (Å²) in [6.45, 7) is 0.550. The lowest BCUT2D eigenvalue weighted by Gasteiger charge is -2.30. The number of hydrogen-bond donors (Lipinski definition) is 2. The van der Waals surface area contributed by atoms with Gasteiger partial charge in [-0.1, -0.05) is 6.42 Å². The summed E-state index contributed by atoms with van der Waals surface area (Å²) >= 11 is 0. The first kappa shape index (κ1) is 9.40. The fraction of sp³-hybridized carbons (Fsp3) is 0.600. The summed E-state index contributed by atoms with van der Waals surface area (Å²) in [5, 5.41) is 12.7. The number of nitrogens with zero attached hydrogens (tertiary/aromatic N) is 2. The molecule has 2 N–H and O–H groups in total. The first-order valence-electron chi connectivity index (χ1n) is 5.05. The van der Waals surface area contributed by atoms with E-state index in [1.165, 1.54) is 6.42 Å². The topological polar surface area (TPSA) is 58.0 Å². The zero-order valence-electron chi connectivity index (χ0n) is 8.06. The molecule has 1 aromatic heterocycles. The van der Waals surface area contributed by atoms with Gasteiger partial charge >= 0.3 is 0 Å². The van der Waals surface area contributed by atoms with Crippen LogP contribution in [-0.4, -0.2) is 27.7 Å². The largest absolute Gasteiger partial charge is 0.391 e. The summed E-state index contributed by atoms with van der Waals surface area (Å²) in [6.07, 6.45) is 6.67. The van der Waals surface area contributed by atoms with E-state index in [4.69, 9.17) is 0 Å². The third kappa shape index (κ3) is 2.20. The SMILES string of the molecule is OC(CNc1ncccn1)C1CCC1. The Morgan fingerprint density at radius 3 is 2.71 bits per heavy atom. The average molecular weight is 193 g/mol.